The number of fused-ring (bicyclic) bond motifs is 1. The summed E-state index contributed by atoms with van der Waals surface area (Å²) < 4.78 is 5.47. The van der Waals surface area contributed by atoms with E-state index in [1.165, 1.54) is 4.90 Å². The highest BCUT2D eigenvalue weighted by Crippen LogP contribution is 2.34. The van der Waals surface area contributed by atoms with Gasteiger partial charge in [-0.2, -0.15) is 0 Å². The van der Waals surface area contributed by atoms with E-state index in [9.17, 15) is 9.59 Å². The molecule has 6 heteroatoms. The van der Waals surface area contributed by atoms with Crippen LogP contribution in [0.5, 0.6) is 5.75 Å². The molecular formula is C13H15NO5. The number of amides is 1. The molecule has 0 bridgehead atoms. The Morgan fingerprint density at radius 1 is 1.47 bits per heavy atom. The van der Waals surface area contributed by atoms with Crippen molar-refractivity contribution in [2.45, 2.75) is 26.1 Å². The molecule has 19 heavy (non-hydrogen) atoms. The Kier molecular flexibility index (Phi) is 3.71. The van der Waals surface area contributed by atoms with Crippen LogP contribution >= 0.6 is 0 Å². The molecule has 1 aromatic carbocycles. The van der Waals surface area contributed by atoms with Gasteiger partial charge in [0, 0.05) is 6.54 Å². The van der Waals surface area contributed by atoms with Crippen molar-refractivity contribution in [1.29, 1.82) is 0 Å². The van der Waals surface area contributed by atoms with Gasteiger partial charge in [0.1, 0.15) is 5.75 Å². The van der Waals surface area contributed by atoms with Gasteiger partial charge in [0.2, 0.25) is 0 Å². The molecule has 0 saturated heterocycles. The van der Waals surface area contributed by atoms with Crippen molar-refractivity contribution in [3.05, 3.63) is 23.8 Å². The summed E-state index contributed by atoms with van der Waals surface area (Å²) in [6.07, 6.45) is -0.783. The van der Waals surface area contributed by atoms with E-state index in [0.717, 1.165) is 0 Å². The quantitative estimate of drug-likeness (QED) is 0.839. The van der Waals surface area contributed by atoms with Crippen molar-refractivity contribution in [3.8, 4) is 5.75 Å². The molecule has 0 aromatic heterocycles. The van der Waals surface area contributed by atoms with Crippen molar-refractivity contribution < 1.29 is 24.5 Å². The Balaban J connectivity index is 2.33. The van der Waals surface area contributed by atoms with Crippen LogP contribution in [0.1, 0.15) is 18.9 Å². The summed E-state index contributed by atoms with van der Waals surface area (Å²) in [5.41, 5.74) is 1.22. The summed E-state index contributed by atoms with van der Waals surface area (Å²) >= 11 is 0. The average Bonchev–Trinajstić information content (AvgIpc) is 2.38. The molecule has 1 atom stereocenters. The number of aliphatic hydroxyl groups excluding tert-OH is 1. The predicted molar refractivity (Wildman–Crippen MR) is 67.1 cm³/mol. The first kappa shape index (κ1) is 13.4. The highest BCUT2D eigenvalue weighted by atomic mass is 16.5. The smallest absolute Gasteiger partial charge is 0.305 e. The Morgan fingerprint density at radius 3 is 2.84 bits per heavy atom. The highest BCUT2D eigenvalue weighted by Gasteiger charge is 2.31. The Morgan fingerprint density at radius 2 is 2.21 bits per heavy atom. The normalized spacial score (nSPS) is 17.9. The summed E-state index contributed by atoms with van der Waals surface area (Å²) in [4.78, 5) is 24.1. The lowest BCUT2D eigenvalue weighted by Crippen LogP contribution is -2.45. The second-order valence-electron chi connectivity index (χ2n) is 4.35. The Labute approximate surface area is 110 Å². The summed E-state index contributed by atoms with van der Waals surface area (Å²) in [7, 11) is 0. The fourth-order valence-electron chi connectivity index (χ4n) is 1.99. The second-order valence-corrected chi connectivity index (χ2v) is 4.35. The van der Waals surface area contributed by atoms with Gasteiger partial charge in [0.25, 0.3) is 5.91 Å². The minimum absolute atomic E-state index is 0.105. The first-order valence-electron chi connectivity index (χ1n) is 5.96. The van der Waals surface area contributed by atoms with Gasteiger partial charge in [-0.1, -0.05) is 6.07 Å². The first-order valence-corrected chi connectivity index (χ1v) is 5.96. The van der Waals surface area contributed by atoms with Gasteiger partial charge in [0.05, 0.1) is 18.7 Å². The van der Waals surface area contributed by atoms with E-state index in [0.29, 0.717) is 17.0 Å². The van der Waals surface area contributed by atoms with Crippen molar-refractivity contribution >= 4 is 17.6 Å². The number of carbonyl (C=O) groups is 2. The standard InChI is InChI=1S/C13H15NO5/c1-8-13(18)14(5-4-12(16)17)10-3-2-9(7-15)6-11(10)19-8/h2-3,6,8,15H,4-5,7H2,1H3,(H,16,17). The molecular weight excluding hydrogens is 250 g/mol. The van der Waals surface area contributed by atoms with Crippen LogP contribution in [0.15, 0.2) is 18.2 Å². The molecule has 1 amide bonds. The number of aliphatic hydroxyl groups is 1. The van der Waals surface area contributed by atoms with Gasteiger partial charge in [-0.25, -0.2) is 0 Å². The number of anilines is 1. The summed E-state index contributed by atoms with van der Waals surface area (Å²) in [5.74, 6) is -0.727. The molecule has 0 spiro atoms. The third-order valence-electron chi connectivity index (χ3n) is 2.96. The lowest BCUT2D eigenvalue weighted by atomic mass is 10.1. The number of carboxylic acids is 1. The second kappa shape index (κ2) is 5.27. The first-order chi connectivity index (χ1) is 9.02. The monoisotopic (exact) mass is 265 g/mol. The summed E-state index contributed by atoms with van der Waals surface area (Å²) in [6.45, 7) is 1.60. The van der Waals surface area contributed by atoms with E-state index in [-0.39, 0.29) is 25.5 Å². The molecule has 1 unspecified atom stereocenters. The molecule has 1 aliphatic heterocycles. The van der Waals surface area contributed by atoms with Crippen LogP contribution in [0.4, 0.5) is 5.69 Å². The molecule has 0 fully saturated rings. The third-order valence-corrected chi connectivity index (χ3v) is 2.96. The minimum atomic E-state index is -0.958. The van der Waals surface area contributed by atoms with Crippen LogP contribution in [0, 0.1) is 0 Å². The number of carboxylic acid groups (broad SMARTS) is 1. The van der Waals surface area contributed by atoms with E-state index in [2.05, 4.69) is 0 Å². The number of hydrogen-bond acceptors (Lipinski definition) is 4. The summed E-state index contributed by atoms with van der Waals surface area (Å²) in [5, 5.41) is 17.8. The lowest BCUT2D eigenvalue weighted by Gasteiger charge is -2.33. The zero-order chi connectivity index (χ0) is 14.0. The molecule has 2 N–H and O–H groups in total. The molecule has 0 aliphatic carbocycles. The molecule has 1 aliphatic rings. The maximum absolute atomic E-state index is 12.0. The van der Waals surface area contributed by atoms with Crippen molar-refractivity contribution in [2.24, 2.45) is 0 Å². The molecule has 0 radical (unpaired) electrons. The van der Waals surface area contributed by atoms with Crippen molar-refractivity contribution in [2.75, 3.05) is 11.4 Å². The van der Waals surface area contributed by atoms with Gasteiger partial charge < -0.3 is 19.8 Å². The number of benzene rings is 1. The maximum atomic E-state index is 12.0. The fraction of sp³-hybridized carbons (Fsp3) is 0.385. The molecule has 2 rings (SSSR count). The van der Waals surface area contributed by atoms with Crippen LogP contribution in [0.25, 0.3) is 0 Å². The van der Waals surface area contributed by atoms with E-state index in [1.54, 1.807) is 25.1 Å². The SMILES string of the molecule is CC1Oc2cc(CO)ccc2N(CCC(=O)O)C1=O. The van der Waals surface area contributed by atoms with Gasteiger partial charge in [-0.3, -0.25) is 9.59 Å². The van der Waals surface area contributed by atoms with Gasteiger partial charge >= 0.3 is 5.97 Å². The predicted octanol–water partition coefficient (Wildman–Crippen LogP) is 0.767. The lowest BCUT2D eigenvalue weighted by molar-refractivity contribution is -0.136. The fourth-order valence-corrected chi connectivity index (χ4v) is 1.99. The summed E-state index contributed by atoms with van der Waals surface area (Å²) in [6, 6.07) is 5.00. The number of hydrogen-bond donors (Lipinski definition) is 2. The highest BCUT2D eigenvalue weighted by molar-refractivity contribution is 6.00. The van der Waals surface area contributed by atoms with Crippen LogP contribution in [-0.2, 0) is 16.2 Å². The Bertz CT molecular complexity index is 514. The largest absolute Gasteiger partial charge is 0.481 e. The number of rotatable bonds is 4. The van der Waals surface area contributed by atoms with Crippen LogP contribution in [0.2, 0.25) is 0 Å². The van der Waals surface area contributed by atoms with Gasteiger partial charge in [-0.05, 0) is 24.6 Å². The van der Waals surface area contributed by atoms with Crippen molar-refractivity contribution in [1.82, 2.24) is 0 Å². The van der Waals surface area contributed by atoms with E-state index in [1.807, 2.05) is 0 Å². The Hall–Kier alpha value is -2.08. The van der Waals surface area contributed by atoms with Crippen LogP contribution < -0.4 is 9.64 Å². The van der Waals surface area contributed by atoms with Gasteiger partial charge in [-0.15, -0.1) is 0 Å². The van der Waals surface area contributed by atoms with Crippen LogP contribution in [-0.4, -0.2) is 34.7 Å². The number of nitrogens with zero attached hydrogens (tertiary/aromatic N) is 1. The zero-order valence-electron chi connectivity index (χ0n) is 10.5. The zero-order valence-corrected chi connectivity index (χ0v) is 10.5. The van der Waals surface area contributed by atoms with E-state index < -0.39 is 12.1 Å². The third kappa shape index (κ3) is 2.68. The molecule has 102 valence electrons. The average molecular weight is 265 g/mol. The topological polar surface area (TPSA) is 87.1 Å². The minimum Gasteiger partial charge on any atom is -0.481 e. The molecule has 1 heterocycles. The maximum Gasteiger partial charge on any atom is 0.305 e. The molecule has 0 saturated carbocycles. The van der Waals surface area contributed by atoms with E-state index >= 15 is 0 Å². The number of carbonyl (C=O) groups excluding carboxylic acids is 1. The van der Waals surface area contributed by atoms with Crippen LogP contribution in [0.3, 0.4) is 0 Å². The molecule has 1 aromatic rings. The van der Waals surface area contributed by atoms with Crippen molar-refractivity contribution in [3.63, 3.8) is 0 Å². The number of aliphatic carboxylic acids is 1. The van der Waals surface area contributed by atoms with Gasteiger partial charge in [0.15, 0.2) is 6.10 Å². The van der Waals surface area contributed by atoms with E-state index in [4.69, 9.17) is 14.9 Å². The number of ether oxygens (including phenoxy) is 1. The molecule has 6 nitrogen and oxygen atoms in total.